The standard InChI is InChI=1S/C15H14O6S/c1-20-11-4-2-9(3-5-11)14-8-22(18,19)15-12(17)6-10(16)7-13(15)21-14/h2-7,14,16-17H,8H2,1H3. The number of fused-ring (bicyclic) bond motifs is 1. The first kappa shape index (κ1) is 14.5. The molecule has 6 nitrogen and oxygen atoms in total. The van der Waals surface area contributed by atoms with Crippen molar-refractivity contribution in [2.75, 3.05) is 12.9 Å². The molecule has 3 rings (SSSR count). The third-order valence-corrected chi connectivity index (χ3v) is 5.23. The largest absolute Gasteiger partial charge is 0.508 e. The van der Waals surface area contributed by atoms with Crippen molar-refractivity contribution in [3.8, 4) is 23.0 Å². The fraction of sp³-hybridized carbons (Fsp3) is 0.200. The number of rotatable bonds is 2. The molecule has 1 atom stereocenters. The molecule has 0 spiro atoms. The van der Waals surface area contributed by atoms with Crippen molar-refractivity contribution in [1.29, 1.82) is 0 Å². The molecule has 0 fully saturated rings. The van der Waals surface area contributed by atoms with Crippen molar-refractivity contribution < 1.29 is 28.1 Å². The molecule has 0 aromatic heterocycles. The Labute approximate surface area is 127 Å². The minimum absolute atomic E-state index is 0.0513. The summed E-state index contributed by atoms with van der Waals surface area (Å²) < 4.78 is 35.4. The molecule has 7 heteroatoms. The fourth-order valence-electron chi connectivity index (χ4n) is 2.43. The van der Waals surface area contributed by atoms with E-state index in [1.54, 1.807) is 31.4 Å². The number of phenols is 2. The lowest BCUT2D eigenvalue weighted by atomic mass is 10.1. The first-order valence-corrected chi connectivity index (χ1v) is 8.15. The first-order chi connectivity index (χ1) is 10.4. The highest BCUT2D eigenvalue weighted by Gasteiger charge is 2.35. The van der Waals surface area contributed by atoms with Gasteiger partial charge in [-0.1, -0.05) is 12.1 Å². The van der Waals surface area contributed by atoms with Crippen LogP contribution >= 0.6 is 0 Å². The molecular weight excluding hydrogens is 308 g/mol. The molecule has 0 saturated heterocycles. The first-order valence-electron chi connectivity index (χ1n) is 6.50. The molecule has 2 aromatic carbocycles. The number of sulfone groups is 1. The van der Waals surface area contributed by atoms with Gasteiger partial charge in [0.1, 0.15) is 29.1 Å². The van der Waals surface area contributed by atoms with Gasteiger partial charge in [0.05, 0.1) is 12.9 Å². The Morgan fingerprint density at radius 2 is 1.86 bits per heavy atom. The van der Waals surface area contributed by atoms with E-state index in [2.05, 4.69) is 0 Å². The maximum Gasteiger partial charge on any atom is 0.189 e. The van der Waals surface area contributed by atoms with Crippen LogP contribution in [0.2, 0.25) is 0 Å². The van der Waals surface area contributed by atoms with Crippen LogP contribution in [0.5, 0.6) is 23.0 Å². The van der Waals surface area contributed by atoms with Crippen LogP contribution in [0.1, 0.15) is 11.7 Å². The molecular formula is C15H14O6S. The summed E-state index contributed by atoms with van der Waals surface area (Å²) in [7, 11) is -2.18. The van der Waals surface area contributed by atoms with Gasteiger partial charge in [0.25, 0.3) is 0 Å². The number of phenolic OH excluding ortho intramolecular Hbond substituents is 2. The second-order valence-corrected chi connectivity index (χ2v) is 6.92. The Morgan fingerprint density at radius 3 is 2.50 bits per heavy atom. The van der Waals surface area contributed by atoms with Crippen molar-refractivity contribution in [2.45, 2.75) is 11.0 Å². The Balaban J connectivity index is 2.04. The molecule has 1 aliphatic rings. The smallest absolute Gasteiger partial charge is 0.189 e. The third kappa shape index (κ3) is 2.43. The van der Waals surface area contributed by atoms with Gasteiger partial charge in [0, 0.05) is 12.1 Å². The van der Waals surface area contributed by atoms with E-state index in [0.717, 1.165) is 6.07 Å². The van der Waals surface area contributed by atoms with Crippen LogP contribution in [0.25, 0.3) is 0 Å². The molecule has 0 radical (unpaired) electrons. The van der Waals surface area contributed by atoms with Gasteiger partial charge in [0.2, 0.25) is 0 Å². The van der Waals surface area contributed by atoms with E-state index >= 15 is 0 Å². The summed E-state index contributed by atoms with van der Waals surface area (Å²) in [5.74, 6) is -0.460. The maximum atomic E-state index is 12.4. The zero-order valence-electron chi connectivity index (χ0n) is 11.7. The number of hydrogen-bond donors (Lipinski definition) is 2. The van der Waals surface area contributed by atoms with Gasteiger partial charge >= 0.3 is 0 Å². The van der Waals surface area contributed by atoms with Gasteiger partial charge in [-0.15, -0.1) is 0 Å². The summed E-state index contributed by atoms with van der Waals surface area (Å²) >= 11 is 0. The maximum absolute atomic E-state index is 12.4. The molecule has 1 aliphatic heterocycles. The monoisotopic (exact) mass is 322 g/mol. The fourth-order valence-corrected chi connectivity index (χ4v) is 4.04. The van der Waals surface area contributed by atoms with E-state index in [1.807, 2.05) is 0 Å². The molecule has 2 N–H and O–H groups in total. The number of aromatic hydroxyl groups is 2. The Bertz CT molecular complexity index is 811. The van der Waals surface area contributed by atoms with E-state index in [9.17, 15) is 18.6 Å². The Kier molecular flexibility index (Phi) is 3.37. The van der Waals surface area contributed by atoms with E-state index in [4.69, 9.17) is 9.47 Å². The molecule has 0 amide bonds. The lowest BCUT2D eigenvalue weighted by Crippen LogP contribution is -2.25. The SMILES string of the molecule is COc1ccc(C2CS(=O)(=O)c3c(O)cc(O)cc3O2)cc1. The second kappa shape index (κ2) is 5.10. The Morgan fingerprint density at radius 1 is 1.18 bits per heavy atom. The molecule has 116 valence electrons. The van der Waals surface area contributed by atoms with Crippen LogP contribution in [-0.4, -0.2) is 31.5 Å². The minimum atomic E-state index is -3.72. The molecule has 22 heavy (non-hydrogen) atoms. The van der Waals surface area contributed by atoms with Crippen LogP contribution in [0.3, 0.4) is 0 Å². The topological polar surface area (TPSA) is 93.1 Å². The molecule has 1 heterocycles. The highest BCUT2D eigenvalue weighted by atomic mass is 32.2. The van der Waals surface area contributed by atoms with Gasteiger partial charge in [-0.2, -0.15) is 0 Å². The van der Waals surface area contributed by atoms with Crippen LogP contribution < -0.4 is 9.47 Å². The minimum Gasteiger partial charge on any atom is -0.508 e. The van der Waals surface area contributed by atoms with E-state index in [-0.39, 0.29) is 22.1 Å². The van der Waals surface area contributed by atoms with Crippen molar-refractivity contribution in [1.82, 2.24) is 0 Å². The van der Waals surface area contributed by atoms with Crippen molar-refractivity contribution >= 4 is 9.84 Å². The average Bonchev–Trinajstić information content (AvgIpc) is 2.45. The molecule has 0 aliphatic carbocycles. The predicted molar refractivity (Wildman–Crippen MR) is 78.2 cm³/mol. The quantitative estimate of drug-likeness (QED) is 0.878. The summed E-state index contributed by atoms with van der Waals surface area (Å²) in [5, 5.41) is 19.3. The lowest BCUT2D eigenvalue weighted by Gasteiger charge is -2.27. The van der Waals surface area contributed by atoms with Crippen LogP contribution in [0.15, 0.2) is 41.3 Å². The van der Waals surface area contributed by atoms with E-state index < -0.39 is 21.7 Å². The Hall–Kier alpha value is -2.41. The van der Waals surface area contributed by atoms with Crippen molar-refractivity contribution in [3.63, 3.8) is 0 Å². The lowest BCUT2D eigenvalue weighted by molar-refractivity contribution is 0.211. The molecule has 0 bridgehead atoms. The van der Waals surface area contributed by atoms with Crippen LogP contribution in [-0.2, 0) is 9.84 Å². The predicted octanol–water partition coefficient (Wildman–Crippen LogP) is 2.01. The van der Waals surface area contributed by atoms with Crippen LogP contribution in [0.4, 0.5) is 0 Å². The summed E-state index contributed by atoms with van der Waals surface area (Å²) in [6.45, 7) is 0. The third-order valence-electron chi connectivity index (χ3n) is 3.46. The number of benzene rings is 2. The number of ether oxygens (including phenoxy) is 2. The van der Waals surface area contributed by atoms with Gasteiger partial charge in [-0.05, 0) is 17.7 Å². The van der Waals surface area contributed by atoms with Crippen molar-refractivity contribution in [3.05, 3.63) is 42.0 Å². The van der Waals surface area contributed by atoms with Gasteiger partial charge in [-0.3, -0.25) is 0 Å². The number of hydrogen-bond acceptors (Lipinski definition) is 6. The zero-order valence-corrected chi connectivity index (χ0v) is 12.5. The second-order valence-electron chi connectivity index (χ2n) is 4.95. The zero-order chi connectivity index (χ0) is 15.9. The highest BCUT2D eigenvalue weighted by Crippen LogP contribution is 2.43. The molecule has 1 unspecified atom stereocenters. The van der Waals surface area contributed by atoms with Gasteiger partial charge < -0.3 is 19.7 Å². The van der Waals surface area contributed by atoms with Crippen LogP contribution in [0, 0.1) is 0 Å². The van der Waals surface area contributed by atoms with Gasteiger partial charge in [-0.25, -0.2) is 8.42 Å². The summed E-state index contributed by atoms with van der Waals surface area (Å²) in [4.78, 5) is -0.282. The summed E-state index contributed by atoms with van der Waals surface area (Å²) in [6, 6.07) is 9.01. The normalized spacial score (nSPS) is 19.0. The average molecular weight is 322 g/mol. The van der Waals surface area contributed by atoms with E-state index in [0.29, 0.717) is 11.3 Å². The van der Waals surface area contributed by atoms with Gasteiger partial charge in [0.15, 0.2) is 14.7 Å². The summed E-state index contributed by atoms with van der Waals surface area (Å²) in [5.41, 5.74) is 0.665. The van der Waals surface area contributed by atoms with Crippen molar-refractivity contribution in [2.24, 2.45) is 0 Å². The molecule has 2 aromatic rings. The number of methoxy groups -OCH3 is 1. The molecule has 0 saturated carbocycles. The summed E-state index contributed by atoms with van der Waals surface area (Å²) in [6.07, 6.45) is -0.718. The highest BCUT2D eigenvalue weighted by molar-refractivity contribution is 7.91. The van der Waals surface area contributed by atoms with E-state index in [1.165, 1.54) is 6.07 Å².